The van der Waals surface area contributed by atoms with Crippen molar-refractivity contribution in [3.05, 3.63) is 76.3 Å². The molecule has 0 spiro atoms. The van der Waals surface area contributed by atoms with Crippen molar-refractivity contribution in [3.63, 3.8) is 0 Å². The van der Waals surface area contributed by atoms with Crippen LogP contribution >= 0.6 is 11.6 Å². The molecule has 1 saturated heterocycles. The van der Waals surface area contributed by atoms with Crippen LogP contribution in [0.15, 0.2) is 64.6 Å². The zero-order chi connectivity index (χ0) is 21.3. The van der Waals surface area contributed by atoms with E-state index in [1.165, 1.54) is 0 Å². The first-order valence-corrected chi connectivity index (χ1v) is 11.6. The van der Waals surface area contributed by atoms with Crippen LogP contribution in [-0.2, 0) is 10.0 Å². The highest BCUT2D eigenvalue weighted by Gasteiger charge is 2.34. The van der Waals surface area contributed by atoms with Gasteiger partial charge in [-0.3, -0.25) is 4.79 Å². The Morgan fingerprint density at radius 1 is 0.967 bits per heavy atom. The van der Waals surface area contributed by atoms with Crippen molar-refractivity contribution in [2.75, 3.05) is 26.2 Å². The molecule has 0 bridgehead atoms. The average Bonchev–Trinajstić information content (AvgIpc) is 2.89. The lowest BCUT2D eigenvalue weighted by atomic mass is 10.1. The number of hydrogen-bond donors (Lipinski definition) is 0. The highest BCUT2D eigenvalue weighted by molar-refractivity contribution is 8.00. The standard InChI is InChI=1S/C22H22ClN3O3S/c1-16-20(17-6-3-2-4-7-17)30(28,29)24-21(16)25-12-5-13-26(15-14-25)22(27)18-8-10-19(23)11-9-18/h2-4,6-11H,5,12-15H2,1H3. The highest BCUT2D eigenvalue weighted by atomic mass is 35.5. The zero-order valence-electron chi connectivity index (χ0n) is 16.6. The van der Waals surface area contributed by atoms with Gasteiger partial charge in [0, 0.05) is 42.3 Å². The molecule has 2 aromatic carbocycles. The number of amidine groups is 1. The Bertz CT molecular complexity index is 1130. The van der Waals surface area contributed by atoms with E-state index in [1.807, 2.05) is 23.1 Å². The molecule has 8 heteroatoms. The normalized spacial score (nSPS) is 18.9. The van der Waals surface area contributed by atoms with E-state index in [9.17, 15) is 13.2 Å². The summed E-state index contributed by atoms with van der Waals surface area (Å²) >= 11 is 5.91. The second-order valence-corrected chi connectivity index (χ2v) is 9.33. The molecule has 6 nitrogen and oxygen atoms in total. The topological polar surface area (TPSA) is 70.1 Å². The van der Waals surface area contributed by atoms with Crippen molar-refractivity contribution in [3.8, 4) is 0 Å². The zero-order valence-corrected chi connectivity index (χ0v) is 18.2. The van der Waals surface area contributed by atoms with E-state index in [0.717, 1.165) is 6.42 Å². The van der Waals surface area contributed by atoms with E-state index in [2.05, 4.69) is 4.40 Å². The molecular formula is C22H22ClN3O3S. The van der Waals surface area contributed by atoms with Gasteiger partial charge in [0.1, 0.15) is 10.7 Å². The number of hydrogen-bond acceptors (Lipinski definition) is 4. The van der Waals surface area contributed by atoms with Gasteiger partial charge >= 0.3 is 0 Å². The lowest BCUT2D eigenvalue weighted by Gasteiger charge is -2.24. The molecular weight excluding hydrogens is 422 g/mol. The van der Waals surface area contributed by atoms with Crippen molar-refractivity contribution < 1.29 is 13.2 Å². The third-order valence-electron chi connectivity index (χ3n) is 5.35. The quantitative estimate of drug-likeness (QED) is 0.710. The van der Waals surface area contributed by atoms with E-state index < -0.39 is 10.0 Å². The molecule has 0 atom stereocenters. The van der Waals surface area contributed by atoms with Crippen LogP contribution in [0, 0.1) is 0 Å². The Morgan fingerprint density at radius 2 is 1.67 bits per heavy atom. The van der Waals surface area contributed by atoms with Crippen molar-refractivity contribution >= 4 is 38.3 Å². The lowest BCUT2D eigenvalue weighted by Crippen LogP contribution is -2.37. The Hall–Kier alpha value is -2.64. The fourth-order valence-electron chi connectivity index (χ4n) is 3.88. The van der Waals surface area contributed by atoms with Crippen LogP contribution < -0.4 is 0 Å². The summed E-state index contributed by atoms with van der Waals surface area (Å²) in [6.45, 7) is 4.05. The number of carbonyl (C=O) groups excluding carboxylic acids is 1. The Kier molecular flexibility index (Phi) is 5.66. The van der Waals surface area contributed by atoms with Gasteiger partial charge in [-0.25, -0.2) is 0 Å². The number of halogens is 1. The molecule has 0 saturated carbocycles. The first-order chi connectivity index (χ1) is 14.4. The van der Waals surface area contributed by atoms with Crippen molar-refractivity contribution in [1.29, 1.82) is 0 Å². The predicted molar refractivity (Wildman–Crippen MR) is 119 cm³/mol. The maximum atomic E-state index is 12.8. The largest absolute Gasteiger partial charge is 0.354 e. The highest BCUT2D eigenvalue weighted by Crippen LogP contribution is 2.33. The van der Waals surface area contributed by atoms with Crippen LogP contribution in [0.3, 0.4) is 0 Å². The summed E-state index contributed by atoms with van der Waals surface area (Å²) in [5, 5.41) is 0.588. The van der Waals surface area contributed by atoms with Gasteiger partial charge in [-0.05, 0) is 43.2 Å². The van der Waals surface area contributed by atoms with Gasteiger partial charge in [-0.2, -0.15) is 8.42 Å². The smallest absolute Gasteiger partial charge is 0.285 e. The third-order valence-corrected chi connectivity index (χ3v) is 7.07. The molecule has 4 rings (SSSR count). The molecule has 156 valence electrons. The van der Waals surface area contributed by atoms with Crippen LogP contribution in [0.25, 0.3) is 4.91 Å². The molecule has 0 aliphatic carbocycles. The van der Waals surface area contributed by atoms with Crippen LogP contribution in [0.4, 0.5) is 0 Å². The molecule has 0 unspecified atom stereocenters. The van der Waals surface area contributed by atoms with Gasteiger partial charge in [0.25, 0.3) is 15.9 Å². The first-order valence-electron chi connectivity index (χ1n) is 9.78. The second-order valence-electron chi connectivity index (χ2n) is 7.35. The van der Waals surface area contributed by atoms with E-state index in [4.69, 9.17) is 11.6 Å². The van der Waals surface area contributed by atoms with Gasteiger partial charge in [-0.15, -0.1) is 4.40 Å². The molecule has 2 aliphatic rings. The number of amides is 1. The SMILES string of the molecule is CC1=C(c2ccccc2)S(=O)(=O)N=C1N1CCCN(C(=O)c2ccc(Cl)cc2)CC1. The minimum atomic E-state index is -3.74. The lowest BCUT2D eigenvalue weighted by molar-refractivity contribution is 0.0764. The second kappa shape index (κ2) is 8.24. The van der Waals surface area contributed by atoms with E-state index in [-0.39, 0.29) is 10.8 Å². The van der Waals surface area contributed by atoms with Crippen molar-refractivity contribution in [2.24, 2.45) is 4.40 Å². The molecule has 1 fully saturated rings. The predicted octanol–water partition coefficient (Wildman–Crippen LogP) is 3.66. The summed E-state index contributed by atoms with van der Waals surface area (Å²) in [7, 11) is -3.74. The first kappa shape index (κ1) is 20.6. The Morgan fingerprint density at radius 3 is 2.37 bits per heavy atom. The minimum absolute atomic E-state index is 0.0493. The van der Waals surface area contributed by atoms with Gasteiger partial charge in [0.15, 0.2) is 0 Å². The average molecular weight is 444 g/mol. The van der Waals surface area contributed by atoms with Gasteiger partial charge in [0.05, 0.1) is 0 Å². The summed E-state index contributed by atoms with van der Waals surface area (Å²) in [4.78, 5) is 16.9. The van der Waals surface area contributed by atoms with E-state index in [0.29, 0.717) is 53.7 Å². The fourth-order valence-corrected chi connectivity index (χ4v) is 5.49. The molecule has 0 aromatic heterocycles. The van der Waals surface area contributed by atoms with Crippen LogP contribution in [0.2, 0.25) is 5.02 Å². The van der Waals surface area contributed by atoms with Gasteiger partial charge < -0.3 is 9.80 Å². The van der Waals surface area contributed by atoms with Gasteiger partial charge in [-0.1, -0.05) is 41.9 Å². The van der Waals surface area contributed by atoms with Crippen LogP contribution in [-0.4, -0.2) is 56.1 Å². The number of nitrogens with zero attached hydrogens (tertiary/aromatic N) is 3. The van der Waals surface area contributed by atoms with Crippen molar-refractivity contribution in [1.82, 2.24) is 9.80 Å². The van der Waals surface area contributed by atoms with Crippen LogP contribution in [0.1, 0.15) is 29.3 Å². The third kappa shape index (κ3) is 4.00. The fraction of sp³-hybridized carbons (Fsp3) is 0.273. The number of sulfonamides is 1. The summed E-state index contributed by atoms with van der Waals surface area (Å²) in [6, 6.07) is 15.9. The molecule has 2 aliphatic heterocycles. The number of carbonyl (C=O) groups is 1. The summed E-state index contributed by atoms with van der Waals surface area (Å²) in [6.07, 6.45) is 0.729. The number of rotatable bonds is 2. The summed E-state index contributed by atoms with van der Waals surface area (Å²) in [5.41, 5.74) is 1.89. The summed E-state index contributed by atoms with van der Waals surface area (Å²) < 4.78 is 29.6. The monoisotopic (exact) mass is 443 g/mol. The minimum Gasteiger partial charge on any atom is -0.354 e. The molecule has 0 radical (unpaired) electrons. The number of benzene rings is 2. The molecule has 2 aromatic rings. The maximum absolute atomic E-state index is 12.8. The van der Waals surface area contributed by atoms with Gasteiger partial charge in [0.2, 0.25) is 0 Å². The Balaban J connectivity index is 1.54. The van der Waals surface area contributed by atoms with Crippen LogP contribution in [0.5, 0.6) is 0 Å². The van der Waals surface area contributed by atoms with E-state index in [1.54, 1.807) is 48.2 Å². The Labute approximate surface area is 181 Å². The molecule has 30 heavy (non-hydrogen) atoms. The van der Waals surface area contributed by atoms with Crippen molar-refractivity contribution in [2.45, 2.75) is 13.3 Å². The molecule has 1 amide bonds. The molecule has 2 heterocycles. The van der Waals surface area contributed by atoms with E-state index >= 15 is 0 Å². The molecule has 0 N–H and O–H groups in total. The maximum Gasteiger partial charge on any atom is 0.285 e. The summed E-state index contributed by atoms with van der Waals surface area (Å²) in [5.74, 6) is 0.432.